The summed E-state index contributed by atoms with van der Waals surface area (Å²) in [6.07, 6.45) is 8.10. The zero-order valence-corrected chi connectivity index (χ0v) is 34.0. The van der Waals surface area contributed by atoms with Crippen molar-refractivity contribution in [3.8, 4) is 65.4 Å². The number of thiophene rings is 2. The number of hydrogen-bond acceptors (Lipinski definition) is 6. The molecule has 2 aliphatic heterocycles. The first kappa shape index (κ1) is 36.4. The van der Waals surface area contributed by atoms with Crippen molar-refractivity contribution in [1.82, 2.24) is 19.9 Å². The first-order valence-electron chi connectivity index (χ1n) is 19.8. The van der Waals surface area contributed by atoms with Gasteiger partial charge in [0.15, 0.2) is 0 Å². The van der Waals surface area contributed by atoms with Gasteiger partial charge in [-0.15, -0.1) is 22.7 Å². The van der Waals surface area contributed by atoms with Crippen molar-refractivity contribution in [3.05, 3.63) is 195 Å². The van der Waals surface area contributed by atoms with E-state index in [4.69, 9.17) is 9.97 Å². The lowest BCUT2D eigenvalue weighted by atomic mass is 9.97. The molecule has 0 atom stereocenters. The minimum absolute atomic E-state index is 0.0547. The quantitative estimate of drug-likeness (QED) is 0.123. The summed E-state index contributed by atoms with van der Waals surface area (Å²) in [5, 5.41) is 17.4. The highest BCUT2D eigenvalue weighted by molar-refractivity contribution is 7.14. The summed E-state index contributed by atoms with van der Waals surface area (Å²) in [7, 11) is 0. The maximum Gasteiger partial charge on any atom is 0.295 e. The van der Waals surface area contributed by atoms with E-state index in [0.717, 1.165) is 82.2 Å². The Hall–Kier alpha value is -7.72. The molecule has 4 aromatic carbocycles. The van der Waals surface area contributed by atoms with Crippen LogP contribution >= 0.6 is 22.7 Å². The molecule has 7 nitrogen and oxygen atoms in total. The number of benzene rings is 4. The van der Waals surface area contributed by atoms with Gasteiger partial charge in [0.25, 0.3) is 5.69 Å². The number of fused-ring (bicyclic) bond motifs is 8. The Bertz CT molecular complexity index is 3350. The third-order valence-corrected chi connectivity index (χ3v) is 12.9. The van der Waals surface area contributed by atoms with Gasteiger partial charge in [-0.1, -0.05) is 133 Å². The van der Waals surface area contributed by atoms with Gasteiger partial charge in [-0.25, -0.2) is 9.97 Å². The maximum absolute atomic E-state index is 13.2. The number of nitrogens with zero attached hydrogens (tertiary/aromatic N) is 3. The van der Waals surface area contributed by atoms with E-state index in [9.17, 15) is 10.1 Å². The highest BCUT2D eigenvalue weighted by Crippen LogP contribution is 2.49. The van der Waals surface area contributed by atoms with Crippen LogP contribution in [0.25, 0.3) is 112 Å². The monoisotopic (exact) mass is 823 g/mol. The largest absolute Gasteiger partial charge is 0.353 e. The van der Waals surface area contributed by atoms with Crippen molar-refractivity contribution in [1.29, 1.82) is 0 Å². The van der Waals surface area contributed by atoms with Gasteiger partial charge >= 0.3 is 0 Å². The van der Waals surface area contributed by atoms with Crippen molar-refractivity contribution in [2.45, 2.75) is 0 Å². The fourth-order valence-electron chi connectivity index (χ4n) is 8.53. The van der Waals surface area contributed by atoms with Gasteiger partial charge in [-0.2, -0.15) is 0 Å². The van der Waals surface area contributed by atoms with E-state index in [0.29, 0.717) is 28.0 Å². The SMILES string of the molecule is O=[N+]([O-])c1cc2[nH]c1c(-c1ccccc1)c1nc(c(-c3ccccc3)c3[nH]c(c(-c4ccccc4)c4nc(c2-c2ccccc2)C=C4)c(-c2cccs2)c3-c2cccs2)C=C1. The zero-order valence-electron chi connectivity index (χ0n) is 32.4. The first-order chi connectivity index (χ1) is 30.1. The molecule has 0 saturated carbocycles. The number of nitro groups is 1. The third kappa shape index (κ3) is 6.35. The van der Waals surface area contributed by atoms with Gasteiger partial charge in [0.1, 0.15) is 5.52 Å². The van der Waals surface area contributed by atoms with Crippen LogP contribution in [0.15, 0.2) is 162 Å². The summed E-state index contributed by atoms with van der Waals surface area (Å²) < 4.78 is 0. The summed E-state index contributed by atoms with van der Waals surface area (Å²) >= 11 is 3.40. The van der Waals surface area contributed by atoms with Crippen LogP contribution in [0.3, 0.4) is 0 Å². The van der Waals surface area contributed by atoms with Crippen molar-refractivity contribution in [2.24, 2.45) is 0 Å². The molecular formula is C52H33N5O2S2. The number of nitrogens with one attached hydrogen (secondary N) is 2. The lowest BCUT2D eigenvalue weighted by Gasteiger charge is -2.08. The molecule has 5 aromatic heterocycles. The smallest absolute Gasteiger partial charge is 0.295 e. The van der Waals surface area contributed by atoms with Gasteiger partial charge in [0.05, 0.1) is 44.2 Å². The molecule has 2 N–H and O–H groups in total. The Labute approximate surface area is 358 Å². The molecule has 2 aliphatic rings. The Morgan fingerprint density at radius 1 is 0.426 bits per heavy atom. The Balaban J connectivity index is 1.45. The van der Waals surface area contributed by atoms with Gasteiger partial charge < -0.3 is 9.97 Å². The van der Waals surface area contributed by atoms with Crippen LogP contribution in [0, 0.1) is 10.1 Å². The molecule has 0 spiro atoms. The topological polar surface area (TPSA) is 100 Å². The van der Waals surface area contributed by atoms with Crippen LogP contribution in [0.1, 0.15) is 22.8 Å². The fraction of sp³-hybridized carbons (Fsp3) is 0. The standard InChI is InChI=1S/C52H33N5O2S2/c58-57(59)41-31-40-44(32-15-5-1-6-16-32)36-25-26-38(53-36)46(34-19-9-3-10-20-34)51-48(42-23-13-29-60-42)49(43-24-14-30-61-43)52(56-51)47(35-21-11-4-12-22-35)39-28-27-37(54-39)45(50(41)55-40)33-17-7-2-8-18-33/h1-31,55-56H. The second-order valence-electron chi connectivity index (χ2n) is 14.7. The average molecular weight is 824 g/mol. The van der Waals surface area contributed by atoms with Crippen LogP contribution < -0.4 is 0 Å². The van der Waals surface area contributed by atoms with Gasteiger partial charge in [0.2, 0.25) is 0 Å². The summed E-state index contributed by atoms with van der Waals surface area (Å²) in [5.41, 5.74) is 14.5. The minimum Gasteiger partial charge on any atom is -0.353 e. The van der Waals surface area contributed by atoms with Crippen molar-refractivity contribution >= 4 is 74.7 Å². The summed E-state index contributed by atoms with van der Waals surface area (Å²) in [5.74, 6) is 0. The molecule has 7 heterocycles. The highest BCUT2D eigenvalue weighted by Gasteiger charge is 2.27. The Kier molecular flexibility index (Phi) is 9.03. The average Bonchev–Trinajstić information content (AvgIpc) is 4.16. The molecule has 61 heavy (non-hydrogen) atoms. The molecule has 9 heteroatoms. The number of aromatic amines is 2. The molecule has 0 saturated heterocycles. The van der Waals surface area contributed by atoms with Gasteiger partial charge in [-0.05, 0) is 69.5 Å². The minimum atomic E-state index is -0.314. The van der Waals surface area contributed by atoms with Crippen LogP contribution in [0.5, 0.6) is 0 Å². The summed E-state index contributed by atoms with van der Waals surface area (Å²) in [6, 6.07) is 50.7. The van der Waals surface area contributed by atoms with E-state index in [1.807, 2.05) is 103 Å². The lowest BCUT2D eigenvalue weighted by molar-refractivity contribution is -0.382. The summed E-state index contributed by atoms with van der Waals surface area (Å²) in [6.45, 7) is 0. The van der Waals surface area contributed by atoms with Crippen LogP contribution in [0.2, 0.25) is 0 Å². The molecule has 0 amide bonds. The van der Waals surface area contributed by atoms with Crippen LogP contribution in [0.4, 0.5) is 5.69 Å². The molecule has 0 aliphatic carbocycles. The number of hydrogen-bond donors (Lipinski definition) is 2. The molecule has 9 aromatic rings. The fourth-order valence-corrected chi connectivity index (χ4v) is 10.1. The molecule has 0 fully saturated rings. The zero-order chi connectivity index (χ0) is 40.9. The van der Waals surface area contributed by atoms with Crippen molar-refractivity contribution < 1.29 is 4.92 Å². The van der Waals surface area contributed by atoms with E-state index in [1.54, 1.807) is 28.7 Å². The van der Waals surface area contributed by atoms with Gasteiger partial charge in [0, 0.05) is 49.2 Å². The van der Waals surface area contributed by atoms with Gasteiger partial charge in [-0.3, -0.25) is 10.1 Å². The highest BCUT2D eigenvalue weighted by atomic mass is 32.1. The molecule has 290 valence electrons. The lowest BCUT2D eigenvalue weighted by Crippen LogP contribution is -1.91. The third-order valence-electron chi connectivity index (χ3n) is 11.1. The first-order valence-corrected chi connectivity index (χ1v) is 21.6. The Morgan fingerprint density at radius 2 is 0.803 bits per heavy atom. The number of H-pyrrole nitrogens is 2. The predicted octanol–water partition coefficient (Wildman–Crippen LogP) is 14.7. The molecular weight excluding hydrogens is 791 g/mol. The molecule has 0 unspecified atom stereocenters. The normalized spacial score (nSPS) is 11.9. The number of aromatic nitrogens is 4. The molecule has 11 rings (SSSR count). The Morgan fingerprint density at radius 3 is 1.18 bits per heavy atom. The summed E-state index contributed by atoms with van der Waals surface area (Å²) in [4.78, 5) is 33.6. The second-order valence-corrected chi connectivity index (χ2v) is 16.6. The van der Waals surface area contributed by atoms with Crippen LogP contribution in [-0.4, -0.2) is 24.9 Å². The maximum atomic E-state index is 13.2. The number of rotatable bonds is 7. The molecule has 0 radical (unpaired) electrons. The van der Waals surface area contributed by atoms with Crippen molar-refractivity contribution in [3.63, 3.8) is 0 Å². The molecule has 8 bridgehead atoms. The predicted molar refractivity (Wildman–Crippen MR) is 254 cm³/mol. The second kappa shape index (κ2) is 15.1. The van der Waals surface area contributed by atoms with E-state index in [2.05, 4.69) is 87.5 Å². The van der Waals surface area contributed by atoms with E-state index < -0.39 is 0 Å². The van der Waals surface area contributed by atoms with E-state index in [1.165, 1.54) is 0 Å². The van der Waals surface area contributed by atoms with Crippen LogP contribution in [-0.2, 0) is 0 Å². The van der Waals surface area contributed by atoms with Crippen molar-refractivity contribution in [2.75, 3.05) is 0 Å². The van der Waals surface area contributed by atoms with E-state index >= 15 is 0 Å². The van der Waals surface area contributed by atoms with E-state index in [-0.39, 0.29) is 10.6 Å².